The first-order valence-electron chi connectivity index (χ1n) is 7.00. The minimum atomic E-state index is -0.572. The smallest absolute Gasteiger partial charge is 0.127 e. The molecule has 1 N–H and O–H groups in total. The van der Waals surface area contributed by atoms with E-state index in [1.807, 2.05) is 60.2 Å². The summed E-state index contributed by atoms with van der Waals surface area (Å²) in [6, 6.07) is 14.0. The lowest BCUT2D eigenvalue weighted by molar-refractivity contribution is 0.0927. The highest BCUT2D eigenvalue weighted by Gasteiger charge is 2.09. The Labute approximate surface area is 123 Å². The molecule has 0 amide bonds. The van der Waals surface area contributed by atoms with Crippen molar-refractivity contribution in [3.8, 4) is 5.75 Å². The van der Waals surface area contributed by atoms with Crippen LogP contribution in [0.1, 0.15) is 5.82 Å². The van der Waals surface area contributed by atoms with Gasteiger partial charge in [0.05, 0.1) is 6.54 Å². The van der Waals surface area contributed by atoms with Gasteiger partial charge in [-0.1, -0.05) is 36.4 Å². The van der Waals surface area contributed by atoms with Crippen molar-refractivity contribution >= 4 is 10.8 Å². The molecule has 4 heteroatoms. The minimum Gasteiger partial charge on any atom is -0.490 e. The second-order valence-electron chi connectivity index (χ2n) is 5.07. The highest BCUT2D eigenvalue weighted by Crippen LogP contribution is 2.25. The summed E-state index contributed by atoms with van der Waals surface area (Å²) in [4.78, 5) is 4.14. The van der Waals surface area contributed by atoms with Gasteiger partial charge >= 0.3 is 0 Å². The van der Waals surface area contributed by atoms with Crippen molar-refractivity contribution in [3.05, 3.63) is 60.7 Å². The lowest BCUT2D eigenvalue weighted by atomic mass is 10.1. The zero-order valence-electron chi connectivity index (χ0n) is 11.9. The molecule has 0 saturated heterocycles. The van der Waals surface area contributed by atoms with Gasteiger partial charge in [0.1, 0.15) is 24.3 Å². The number of aliphatic hydroxyl groups is 1. The number of ether oxygens (including phenoxy) is 1. The van der Waals surface area contributed by atoms with E-state index in [4.69, 9.17) is 4.74 Å². The molecule has 0 saturated carbocycles. The summed E-state index contributed by atoms with van der Waals surface area (Å²) in [5.74, 6) is 1.69. The van der Waals surface area contributed by atoms with Gasteiger partial charge in [-0.2, -0.15) is 0 Å². The molecule has 0 aliphatic carbocycles. The van der Waals surface area contributed by atoms with Gasteiger partial charge in [0.25, 0.3) is 0 Å². The second kappa shape index (κ2) is 5.97. The van der Waals surface area contributed by atoms with Crippen molar-refractivity contribution in [2.45, 2.75) is 19.6 Å². The average Bonchev–Trinajstić information content (AvgIpc) is 2.90. The van der Waals surface area contributed by atoms with E-state index in [0.717, 1.165) is 22.3 Å². The van der Waals surface area contributed by atoms with E-state index >= 15 is 0 Å². The molecule has 0 bridgehead atoms. The van der Waals surface area contributed by atoms with Crippen LogP contribution in [0.5, 0.6) is 5.75 Å². The summed E-state index contributed by atoms with van der Waals surface area (Å²) in [7, 11) is 0. The highest BCUT2D eigenvalue weighted by molar-refractivity contribution is 5.88. The first kappa shape index (κ1) is 13.6. The Balaban J connectivity index is 1.68. The number of benzene rings is 2. The van der Waals surface area contributed by atoms with Gasteiger partial charge < -0.3 is 14.4 Å². The lowest BCUT2D eigenvalue weighted by Gasteiger charge is -2.15. The highest BCUT2D eigenvalue weighted by atomic mass is 16.5. The van der Waals surface area contributed by atoms with Crippen molar-refractivity contribution in [3.63, 3.8) is 0 Å². The summed E-state index contributed by atoms with van der Waals surface area (Å²) >= 11 is 0. The number of fused-ring (bicyclic) bond motifs is 1. The van der Waals surface area contributed by atoms with Crippen LogP contribution in [-0.4, -0.2) is 27.4 Å². The normalized spacial score (nSPS) is 12.5. The van der Waals surface area contributed by atoms with E-state index in [1.54, 1.807) is 6.20 Å². The maximum Gasteiger partial charge on any atom is 0.127 e. The predicted octanol–water partition coefficient (Wildman–Crippen LogP) is 2.78. The molecule has 0 spiro atoms. The quantitative estimate of drug-likeness (QED) is 0.782. The summed E-state index contributed by atoms with van der Waals surface area (Å²) in [5, 5.41) is 12.3. The van der Waals surface area contributed by atoms with Gasteiger partial charge in [-0.3, -0.25) is 0 Å². The van der Waals surface area contributed by atoms with Crippen molar-refractivity contribution in [1.82, 2.24) is 9.55 Å². The number of rotatable bonds is 5. The molecular weight excluding hydrogens is 264 g/mol. The Morgan fingerprint density at radius 1 is 1.19 bits per heavy atom. The molecule has 1 atom stereocenters. The molecule has 0 aliphatic rings. The topological polar surface area (TPSA) is 47.3 Å². The number of imidazole rings is 1. The van der Waals surface area contributed by atoms with E-state index < -0.39 is 6.10 Å². The van der Waals surface area contributed by atoms with Crippen LogP contribution in [0.15, 0.2) is 54.9 Å². The molecule has 1 unspecified atom stereocenters. The summed E-state index contributed by atoms with van der Waals surface area (Å²) in [6.45, 7) is 2.65. The monoisotopic (exact) mass is 282 g/mol. The fraction of sp³-hybridized carbons (Fsp3) is 0.235. The summed E-state index contributed by atoms with van der Waals surface area (Å²) in [5.41, 5.74) is 0. The minimum absolute atomic E-state index is 0.256. The fourth-order valence-electron chi connectivity index (χ4n) is 2.38. The van der Waals surface area contributed by atoms with Gasteiger partial charge in [0.2, 0.25) is 0 Å². The Morgan fingerprint density at radius 3 is 2.81 bits per heavy atom. The molecule has 0 radical (unpaired) electrons. The third kappa shape index (κ3) is 3.06. The van der Waals surface area contributed by atoms with Gasteiger partial charge in [0.15, 0.2) is 0 Å². The van der Waals surface area contributed by atoms with E-state index in [1.165, 1.54) is 0 Å². The van der Waals surface area contributed by atoms with Crippen LogP contribution >= 0.6 is 0 Å². The second-order valence-corrected chi connectivity index (χ2v) is 5.07. The van der Waals surface area contributed by atoms with Gasteiger partial charge in [-0.05, 0) is 18.4 Å². The fourth-order valence-corrected chi connectivity index (χ4v) is 2.38. The maximum atomic E-state index is 10.1. The molecule has 2 aromatic carbocycles. The Kier molecular flexibility index (Phi) is 3.88. The molecular formula is C17H18N2O2. The van der Waals surface area contributed by atoms with Crippen molar-refractivity contribution < 1.29 is 9.84 Å². The maximum absolute atomic E-state index is 10.1. The number of hydrogen-bond donors (Lipinski definition) is 1. The molecule has 3 rings (SSSR count). The van der Waals surface area contributed by atoms with Crippen LogP contribution < -0.4 is 4.74 Å². The standard InChI is InChI=1S/C17H18N2O2/c1-13-18-9-10-19(13)11-15(20)12-21-17-8-4-6-14-5-2-3-7-16(14)17/h2-10,15,20H,11-12H2,1H3. The van der Waals surface area contributed by atoms with Gasteiger partial charge in [-0.15, -0.1) is 0 Å². The molecule has 1 heterocycles. The summed E-state index contributed by atoms with van der Waals surface area (Å²) < 4.78 is 7.70. The molecule has 108 valence electrons. The number of nitrogens with zero attached hydrogens (tertiary/aromatic N) is 2. The first-order chi connectivity index (χ1) is 10.2. The third-order valence-electron chi connectivity index (χ3n) is 3.51. The van der Waals surface area contributed by atoms with E-state index in [9.17, 15) is 5.11 Å². The average molecular weight is 282 g/mol. The predicted molar refractivity (Wildman–Crippen MR) is 82.4 cm³/mol. The largest absolute Gasteiger partial charge is 0.490 e. The van der Waals surface area contributed by atoms with Crippen molar-refractivity contribution in [1.29, 1.82) is 0 Å². The first-order valence-corrected chi connectivity index (χ1v) is 7.00. The van der Waals surface area contributed by atoms with Crippen LogP contribution in [0.25, 0.3) is 10.8 Å². The van der Waals surface area contributed by atoms with Crippen LogP contribution in [0.4, 0.5) is 0 Å². The molecule has 0 fully saturated rings. The number of aryl methyl sites for hydroxylation is 1. The van der Waals surface area contributed by atoms with Gasteiger partial charge in [-0.25, -0.2) is 4.98 Å². The van der Waals surface area contributed by atoms with Crippen LogP contribution in [-0.2, 0) is 6.54 Å². The van der Waals surface area contributed by atoms with Crippen LogP contribution in [0, 0.1) is 6.92 Å². The van der Waals surface area contributed by atoms with E-state index in [0.29, 0.717) is 6.54 Å². The zero-order chi connectivity index (χ0) is 14.7. The lowest BCUT2D eigenvalue weighted by Crippen LogP contribution is -2.23. The Morgan fingerprint density at radius 2 is 2.00 bits per heavy atom. The molecule has 4 nitrogen and oxygen atoms in total. The Bertz CT molecular complexity index is 731. The van der Waals surface area contributed by atoms with Crippen LogP contribution in [0.2, 0.25) is 0 Å². The molecule has 3 aromatic rings. The van der Waals surface area contributed by atoms with Crippen LogP contribution in [0.3, 0.4) is 0 Å². The molecule has 1 aromatic heterocycles. The summed E-state index contributed by atoms with van der Waals surface area (Å²) in [6.07, 6.45) is 3.02. The molecule has 21 heavy (non-hydrogen) atoms. The number of hydrogen-bond acceptors (Lipinski definition) is 3. The number of aromatic nitrogens is 2. The van der Waals surface area contributed by atoms with Crippen molar-refractivity contribution in [2.75, 3.05) is 6.61 Å². The van der Waals surface area contributed by atoms with Crippen molar-refractivity contribution in [2.24, 2.45) is 0 Å². The van der Waals surface area contributed by atoms with Gasteiger partial charge in [0, 0.05) is 17.8 Å². The van der Waals surface area contributed by atoms with E-state index in [-0.39, 0.29) is 6.61 Å². The molecule has 0 aliphatic heterocycles. The zero-order valence-corrected chi connectivity index (χ0v) is 11.9. The SMILES string of the molecule is Cc1nccn1CC(O)COc1cccc2ccccc12. The number of aliphatic hydroxyl groups excluding tert-OH is 1. The Hall–Kier alpha value is -2.33. The third-order valence-corrected chi connectivity index (χ3v) is 3.51. The van der Waals surface area contributed by atoms with E-state index in [2.05, 4.69) is 4.98 Å².